The van der Waals surface area contributed by atoms with Gasteiger partial charge in [-0.25, -0.2) is 4.79 Å². The Labute approximate surface area is 162 Å². The molecule has 0 bridgehead atoms. The van der Waals surface area contributed by atoms with Gasteiger partial charge in [-0.3, -0.25) is 0 Å². The van der Waals surface area contributed by atoms with Crippen molar-refractivity contribution < 1.29 is 23.9 Å². The number of hydrogen-bond donors (Lipinski definition) is 1. The highest BCUT2D eigenvalue weighted by molar-refractivity contribution is 5.99. The summed E-state index contributed by atoms with van der Waals surface area (Å²) in [7, 11) is 1.57. The first-order chi connectivity index (χ1) is 13.5. The monoisotopic (exact) mass is 380 g/mol. The maximum atomic E-state index is 11.9. The minimum absolute atomic E-state index is 0.0235. The minimum Gasteiger partial charge on any atom is -0.497 e. The number of hydrogen-bond acceptors (Lipinski definition) is 6. The van der Waals surface area contributed by atoms with Crippen LogP contribution < -0.4 is 14.4 Å². The first-order valence-electron chi connectivity index (χ1n) is 8.91. The van der Waals surface area contributed by atoms with Crippen molar-refractivity contribution in [3.8, 4) is 22.8 Å². The molecule has 1 N–H and O–H groups in total. The predicted molar refractivity (Wildman–Crippen MR) is 103 cm³/mol. The molecule has 1 fully saturated rings. The number of carboxylic acids is 1. The normalized spacial score (nSPS) is 13.9. The van der Waals surface area contributed by atoms with Crippen LogP contribution in [0.3, 0.4) is 0 Å². The lowest BCUT2D eigenvalue weighted by Gasteiger charge is -2.39. The van der Waals surface area contributed by atoms with Crippen LogP contribution in [0.4, 0.5) is 5.82 Å². The number of methoxy groups -OCH3 is 1. The number of ether oxygens (including phenoxy) is 2. The quantitative estimate of drug-likeness (QED) is 0.699. The summed E-state index contributed by atoms with van der Waals surface area (Å²) in [5.41, 5.74) is 1.81. The van der Waals surface area contributed by atoms with Crippen LogP contribution in [0.15, 0.2) is 53.1 Å². The van der Waals surface area contributed by atoms with Gasteiger partial charge >= 0.3 is 5.97 Å². The zero-order valence-electron chi connectivity index (χ0n) is 15.6. The van der Waals surface area contributed by atoms with Crippen molar-refractivity contribution in [1.29, 1.82) is 0 Å². The van der Waals surface area contributed by atoms with Gasteiger partial charge in [-0.15, -0.1) is 0 Å². The van der Waals surface area contributed by atoms with Crippen molar-refractivity contribution in [3.05, 3.63) is 59.7 Å². The molecule has 4 rings (SSSR count). The fourth-order valence-corrected chi connectivity index (χ4v) is 3.20. The number of nitrogens with zero attached hydrogens (tertiary/aromatic N) is 2. The number of benzene rings is 2. The molecule has 1 aliphatic rings. The maximum absolute atomic E-state index is 11.9. The zero-order valence-corrected chi connectivity index (χ0v) is 15.6. The van der Waals surface area contributed by atoms with E-state index in [4.69, 9.17) is 14.0 Å². The van der Waals surface area contributed by atoms with E-state index in [0.29, 0.717) is 30.2 Å². The van der Waals surface area contributed by atoms with Gasteiger partial charge in [0.1, 0.15) is 17.6 Å². The first kappa shape index (κ1) is 17.9. The molecule has 0 saturated carbocycles. The largest absolute Gasteiger partial charge is 0.497 e. The summed E-state index contributed by atoms with van der Waals surface area (Å²) in [5, 5.41) is 13.7. The van der Waals surface area contributed by atoms with E-state index in [1.165, 1.54) is 0 Å². The molecule has 1 aromatic heterocycles. The van der Waals surface area contributed by atoms with Crippen molar-refractivity contribution in [2.75, 3.05) is 25.1 Å². The van der Waals surface area contributed by atoms with Crippen LogP contribution in [-0.4, -0.2) is 42.5 Å². The molecule has 1 aliphatic heterocycles. The fourth-order valence-electron chi connectivity index (χ4n) is 3.20. The molecule has 0 atom stereocenters. The van der Waals surface area contributed by atoms with Gasteiger partial charge in [0, 0.05) is 5.56 Å². The third-order valence-corrected chi connectivity index (χ3v) is 4.68. The molecule has 28 heavy (non-hydrogen) atoms. The summed E-state index contributed by atoms with van der Waals surface area (Å²) in [6.45, 7) is 3.10. The summed E-state index contributed by atoms with van der Waals surface area (Å²) < 4.78 is 16.5. The highest BCUT2D eigenvalue weighted by Crippen LogP contribution is 2.34. The van der Waals surface area contributed by atoms with Crippen LogP contribution in [0.1, 0.15) is 15.9 Å². The summed E-state index contributed by atoms with van der Waals surface area (Å²) >= 11 is 0. The summed E-state index contributed by atoms with van der Waals surface area (Å²) in [4.78, 5) is 13.7. The summed E-state index contributed by atoms with van der Waals surface area (Å²) in [6.07, 6.45) is -0.0235. The highest BCUT2D eigenvalue weighted by atomic mass is 16.5. The molecule has 0 amide bonds. The second-order valence-electron chi connectivity index (χ2n) is 6.71. The standard InChI is InChI=1S/C21H20N2O5/c1-13-4-3-5-16(10-13)27-17-11-23(12-17)20-18(21(24)25)19(28-22-20)14-6-8-15(26-2)9-7-14/h3-10,17H,11-12H2,1-2H3,(H,24,25). The van der Waals surface area contributed by atoms with Crippen molar-refractivity contribution >= 4 is 11.8 Å². The number of aryl methyl sites for hydroxylation is 1. The first-order valence-corrected chi connectivity index (χ1v) is 8.91. The second-order valence-corrected chi connectivity index (χ2v) is 6.71. The average Bonchev–Trinajstić information content (AvgIpc) is 3.09. The molecule has 144 valence electrons. The molecule has 0 radical (unpaired) electrons. The van der Waals surface area contributed by atoms with Crippen LogP contribution in [0.5, 0.6) is 11.5 Å². The van der Waals surface area contributed by atoms with Gasteiger partial charge in [-0.2, -0.15) is 0 Å². The predicted octanol–water partition coefficient (Wildman–Crippen LogP) is 3.62. The van der Waals surface area contributed by atoms with Crippen molar-refractivity contribution in [2.24, 2.45) is 0 Å². The van der Waals surface area contributed by atoms with Gasteiger partial charge < -0.3 is 24.0 Å². The van der Waals surface area contributed by atoms with Gasteiger partial charge in [0.2, 0.25) is 0 Å². The maximum Gasteiger partial charge on any atom is 0.343 e. The van der Waals surface area contributed by atoms with E-state index >= 15 is 0 Å². The average molecular weight is 380 g/mol. The Morgan fingerprint density at radius 3 is 2.57 bits per heavy atom. The smallest absolute Gasteiger partial charge is 0.343 e. The van der Waals surface area contributed by atoms with Gasteiger partial charge in [-0.05, 0) is 48.9 Å². The molecule has 1 saturated heterocycles. The number of rotatable bonds is 6. The Morgan fingerprint density at radius 2 is 1.93 bits per heavy atom. The van der Waals surface area contributed by atoms with Gasteiger partial charge in [0.25, 0.3) is 0 Å². The second kappa shape index (κ2) is 7.26. The Hall–Kier alpha value is -3.48. The Balaban J connectivity index is 1.51. The van der Waals surface area contributed by atoms with E-state index in [2.05, 4.69) is 5.16 Å². The third kappa shape index (κ3) is 3.38. The SMILES string of the molecule is COc1ccc(-c2onc(N3CC(Oc4cccc(C)c4)C3)c2C(=O)O)cc1. The summed E-state index contributed by atoms with van der Waals surface area (Å²) in [6, 6.07) is 14.8. The molecule has 0 aliphatic carbocycles. The topological polar surface area (TPSA) is 85.0 Å². The van der Waals surface area contributed by atoms with Crippen LogP contribution in [0.25, 0.3) is 11.3 Å². The van der Waals surface area contributed by atoms with Gasteiger partial charge in [-0.1, -0.05) is 17.3 Å². The lowest BCUT2D eigenvalue weighted by molar-refractivity contribution is 0.0696. The lowest BCUT2D eigenvalue weighted by Crippen LogP contribution is -2.54. The number of aromatic nitrogens is 1. The zero-order chi connectivity index (χ0) is 19.7. The number of carboxylic acid groups (broad SMARTS) is 1. The van der Waals surface area contributed by atoms with E-state index in [1.807, 2.05) is 36.1 Å². The third-order valence-electron chi connectivity index (χ3n) is 4.68. The molecule has 7 heteroatoms. The van der Waals surface area contributed by atoms with Crippen LogP contribution in [0.2, 0.25) is 0 Å². The molecule has 3 aromatic rings. The van der Waals surface area contributed by atoms with E-state index in [0.717, 1.165) is 11.3 Å². The number of carbonyl (C=O) groups is 1. The minimum atomic E-state index is -1.08. The van der Waals surface area contributed by atoms with E-state index in [-0.39, 0.29) is 17.4 Å². The Bertz CT molecular complexity index is 990. The van der Waals surface area contributed by atoms with E-state index in [1.54, 1.807) is 31.4 Å². The molecular formula is C21H20N2O5. The van der Waals surface area contributed by atoms with Crippen molar-refractivity contribution in [1.82, 2.24) is 5.16 Å². The van der Waals surface area contributed by atoms with E-state index < -0.39 is 5.97 Å². The Kier molecular flexibility index (Phi) is 4.65. The molecule has 2 aromatic carbocycles. The van der Waals surface area contributed by atoms with Crippen molar-refractivity contribution in [2.45, 2.75) is 13.0 Å². The van der Waals surface area contributed by atoms with Crippen LogP contribution >= 0.6 is 0 Å². The highest BCUT2D eigenvalue weighted by Gasteiger charge is 2.36. The fraction of sp³-hybridized carbons (Fsp3) is 0.238. The summed E-state index contributed by atoms with van der Waals surface area (Å²) in [5.74, 6) is 0.960. The molecular weight excluding hydrogens is 360 g/mol. The van der Waals surface area contributed by atoms with Gasteiger partial charge in [0.05, 0.1) is 20.2 Å². The number of anilines is 1. The van der Waals surface area contributed by atoms with Gasteiger partial charge in [0.15, 0.2) is 17.1 Å². The molecule has 2 heterocycles. The van der Waals surface area contributed by atoms with Crippen molar-refractivity contribution in [3.63, 3.8) is 0 Å². The molecule has 0 unspecified atom stereocenters. The molecule has 0 spiro atoms. The lowest BCUT2D eigenvalue weighted by atomic mass is 10.1. The Morgan fingerprint density at radius 1 is 1.18 bits per heavy atom. The van der Waals surface area contributed by atoms with Crippen LogP contribution in [-0.2, 0) is 0 Å². The number of aromatic carboxylic acids is 1. The van der Waals surface area contributed by atoms with E-state index in [9.17, 15) is 9.90 Å². The van der Waals surface area contributed by atoms with Crippen LogP contribution in [0, 0.1) is 6.92 Å². The molecule has 7 nitrogen and oxygen atoms in total.